The van der Waals surface area contributed by atoms with E-state index < -0.39 is 16.1 Å². The van der Waals surface area contributed by atoms with Crippen LogP contribution in [0.15, 0.2) is 0 Å². The minimum absolute atomic E-state index is 0. The molecule has 0 unspecified atom stereocenters. The van der Waals surface area contributed by atoms with Crippen LogP contribution in [0.1, 0.15) is 86.5 Å². The monoisotopic (exact) mass is 842 g/mol. The van der Waals surface area contributed by atoms with Crippen molar-refractivity contribution < 1.29 is 76.0 Å². The Bertz CT molecular complexity index is 616. The van der Waals surface area contributed by atoms with E-state index >= 15 is 0 Å². The summed E-state index contributed by atoms with van der Waals surface area (Å²) in [6.07, 6.45) is 8.31. The molecular formula is C31H68I2N2O4Si2. The topological polar surface area (TPSA) is 52.6 Å². The molecule has 0 fully saturated rings. The highest BCUT2D eigenvalue weighted by atomic mass is 127. The molecule has 0 N–H and O–H groups in total. The van der Waals surface area contributed by atoms with Crippen molar-refractivity contribution in [2.24, 2.45) is 0 Å². The number of nitrogens with zero attached hydrogens (tertiary/aromatic N) is 2. The number of likely N-dealkylation sites (N-methyl/N-ethyl adjacent to an activating group) is 2. The molecule has 0 aliphatic carbocycles. The summed E-state index contributed by atoms with van der Waals surface area (Å²) in [4.78, 5) is 24.4. The van der Waals surface area contributed by atoms with E-state index in [9.17, 15) is 9.59 Å². The largest absolute Gasteiger partial charge is 1.00 e. The molecule has 0 rings (SSSR count). The number of hydrogen-bond donors (Lipinski definition) is 0. The van der Waals surface area contributed by atoms with Crippen molar-refractivity contribution in [1.29, 1.82) is 0 Å². The van der Waals surface area contributed by atoms with Gasteiger partial charge in [0.25, 0.3) is 0 Å². The zero-order valence-electron chi connectivity index (χ0n) is 28.7. The van der Waals surface area contributed by atoms with Gasteiger partial charge >= 0.3 is 11.9 Å². The first-order valence-corrected chi connectivity index (χ1v) is 21.9. The van der Waals surface area contributed by atoms with E-state index in [0.717, 1.165) is 54.2 Å². The molecule has 0 bridgehead atoms. The third-order valence-corrected chi connectivity index (χ3v) is 21.8. The number of halogens is 2. The van der Waals surface area contributed by atoms with Crippen LogP contribution < -0.4 is 48.0 Å². The molecule has 0 radical (unpaired) electrons. The van der Waals surface area contributed by atoms with E-state index in [0.29, 0.717) is 26.1 Å². The molecule has 248 valence electrons. The smallest absolute Gasteiger partial charge is 0.305 e. The molecule has 0 aromatic heterocycles. The molecule has 6 nitrogen and oxygen atoms in total. The molecule has 0 saturated carbocycles. The Labute approximate surface area is 291 Å². The molecule has 10 heteroatoms. The minimum atomic E-state index is -1.20. The average Bonchev–Trinajstić information content (AvgIpc) is 2.89. The van der Waals surface area contributed by atoms with Crippen LogP contribution in [-0.4, -0.2) is 104 Å². The highest BCUT2D eigenvalue weighted by Gasteiger charge is 2.36. The Balaban J connectivity index is -0.00000722. The molecule has 0 atom stereocenters. The summed E-state index contributed by atoms with van der Waals surface area (Å²) >= 11 is 0. The lowest BCUT2D eigenvalue weighted by Gasteiger charge is -2.39. The van der Waals surface area contributed by atoms with Gasteiger partial charge in [0.15, 0.2) is 0 Å². The van der Waals surface area contributed by atoms with Crippen molar-refractivity contribution in [3.05, 3.63) is 0 Å². The number of hydrogen-bond acceptors (Lipinski definition) is 4. The molecule has 0 aliphatic rings. The fourth-order valence-electron chi connectivity index (χ4n) is 6.17. The fourth-order valence-corrected chi connectivity index (χ4v) is 14.5. The zero-order valence-corrected chi connectivity index (χ0v) is 35.0. The molecule has 0 saturated heterocycles. The SMILES string of the molecule is CC[Si](CC)(CC)C[N+](C)(C)CCOC(=O)CCCCCCCC(=O)OCC[N+](C)(C)C[Si](CC)(CC)CC.[I-].[I-]. The summed E-state index contributed by atoms with van der Waals surface area (Å²) in [6, 6.07) is 8.00. The summed E-state index contributed by atoms with van der Waals surface area (Å²) in [5.74, 6) is -0.136. The lowest BCUT2D eigenvalue weighted by atomic mass is 10.1. The molecule has 0 aliphatic heterocycles. The fraction of sp³-hybridized carbons (Fsp3) is 0.935. The summed E-state index contributed by atoms with van der Waals surface area (Å²) < 4.78 is 13.0. The van der Waals surface area contributed by atoms with Gasteiger partial charge in [-0.1, -0.05) is 97.1 Å². The summed E-state index contributed by atoms with van der Waals surface area (Å²) in [6.45, 7) is 16.9. The van der Waals surface area contributed by atoms with E-state index in [4.69, 9.17) is 9.47 Å². The Morgan fingerprint density at radius 3 is 1.05 bits per heavy atom. The Hall–Kier alpha value is 0.754. The van der Waals surface area contributed by atoms with Gasteiger partial charge < -0.3 is 66.4 Å². The third kappa shape index (κ3) is 20.4. The van der Waals surface area contributed by atoms with E-state index in [2.05, 4.69) is 69.7 Å². The molecule has 0 aromatic carbocycles. The Morgan fingerprint density at radius 2 is 0.780 bits per heavy atom. The lowest BCUT2D eigenvalue weighted by molar-refractivity contribution is -0.880. The number of quaternary nitrogens is 2. The van der Waals surface area contributed by atoms with Crippen LogP contribution >= 0.6 is 0 Å². The predicted octanol–water partition coefficient (Wildman–Crippen LogP) is 1.06. The molecule has 0 heterocycles. The molecule has 0 aromatic rings. The summed E-state index contributed by atoms with van der Waals surface area (Å²) in [5.41, 5.74) is 0. The van der Waals surface area contributed by atoms with Crippen LogP contribution in [0.25, 0.3) is 0 Å². The van der Waals surface area contributed by atoms with Crippen LogP contribution in [0.4, 0.5) is 0 Å². The number of unbranched alkanes of at least 4 members (excludes halogenated alkanes) is 4. The predicted molar refractivity (Wildman–Crippen MR) is 172 cm³/mol. The molecular weight excluding hydrogens is 774 g/mol. The second kappa shape index (κ2) is 24.0. The number of ether oxygens (including phenoxy) is 2. The lowest BCUT2D eigenvalue weighted by Crippen LogP contribution is -3.00. The maximum Gasteiger partial charge on any atom is 0.305 e. The zero-order chi connectivity index (χ0) is 30.0. The van der Waals surface area contributed by atoms with Crippen molar-refractivity contribution in [2.75, 3.05) is 66.8 Å². The van der Waals surface area contributed by atoms with Gasteiger partial charge in [-0.25, -0.2) is 0 Å². The minimum Gasteiger partial charge on any atom is -1.00 e. The van der Waals surface area contributed by atoms with Crippen LogP contribution in [0.3, 0.4) is 0 Å². The summed E-state index contributed by atoms with van der Waals surface area (Å²) in [7, 11) is 6.73. The van der Waals surface area contributed by atoms with Gasteiger partial charge in [-0.15, -0.1) is 0 Å². The molecule has 0 amide bonds. The number of esters is 2. The van der Waals surface area contributed by atoms with Crippen LogP contribution in [0.5, 0.6) is 0 Å². The normalized spacial score (nSPS) is 12.3. The van der Waals surface area contributed by atoms with Crippen LogP contribution in [0, 0.1) is 0 Å². The summed E-state index contributed by atoms with van der Waals surface area (Å²) in [5, 5.41) is 0. The first-order valence-electron chi connectivity index (χ1n) is 16.2. The van der Waals surface area contributed by atoms with E-state index in [-0.39, 0.29) is 59.9 Å². The molecule has 0 spiro atoms. The highest BCUT2D eigenvalue weighted by Crippen LogP contribution is 2.24. The van der Waals surface area contributed by atoms with Gasteiger partial charge in [-0.05, 0) is 12.8 Å². The standard InChI is InChI=1S/C31H68N2O4Si2.2HI/c1-11-38(12-2,13-3)28-32(7,8)24-26-36-30(34)22-20-18-17-19-21-23-31(35)37-27-25-33(9,10)29-39(14-4,15-5)16-6;;/h11-29H2,1-10H3;2*1H/q+2;;/p-2. The second-order valence-corrected chi connectivity index (χ2v) is 24.3. The van der Waals surface area contributed by atoms with E-state index in [1.807, 2.05) is 0 Å². The van der Waals surface area contributed by atoms with Gasteiger partial charge in [0.2, 0.25) is 0 Å². The van der Waals surface area contributed by atoms with Gasteiger partial charge in [0.1, 0.15) is 42.5 Å². The quantitative estimate of drug-likeness (QED) is 0.0481. The van der Waals surface area contributed by atoms with Gasteiger partial charge in [0, 0.05) is 12.8 Å². The Kier molecular flexibility index (Phi) is 27.1. The second-order valence-electron chi connectivity index (χ2n) is 13.5. The van der Waals surface area contributed by atoms with Gasteiger partial charge in [0.05, 0.1) is 40.5 Å². The maximum absolute atomic E-state index is 12.2. The number of rotatable bonds is 24. The van der Waals surface area contributed by atoms with Crippen molar-refractivity contribution in [3.8, 4) is 0 Å². The maximum atomic E-state index is 12.2. The third-order valence-electron chi connectivity index (χ3n) is 9.71. The van der Waals surface area contributed by atoms with Crippen molar-refractivity contribution in [1.82, 2.24) is 0 Å². The number of carbonyl (C=O) groups excluding carboxylic acids is 2. The first-order chi connectivity index (χ1) is 18.3. The van der Waals surface area contributed by atoms with Gasteiger partial charge in [-0.2, -0.15) is 0 Å². The van der Waals surface area contributed by atoms with E-state index in [1.54, 1.807) is 0 Å². The first kappa shape index (κ1) is 46.2. The van der Waals surface area contributed by atoms with Crippen LogP contribution in [-0.2, 0) is 19.1 Å². The Morgan fingerprint density at radius 1 is 0.512 bits per heavy atom. The average molecular weight is 843 g/mol. The highest BCUT2D eigenvalue weighted by molar-refractivity contribution is 6.80. The molecule has 41 heavy (non-hydrogen) atoms. The van der Waals surface area contributed by atoms with Crippen molar-refractivity contribution >= 4 is 28.1 Å². The van der Waals surface area contributed by atoms with E-state index in [1.165, 1.54) is 48.6 Å². The van der Waals surface area contributed by atoms with Crippen molar-refractivity contribution in [3.63, 3.8) is 0 Å². The van der Waals surface area contributed by atoms with Crippen molar-refractivity contribution in [2.45, 2.75) is 123 Å². The number of carbonyl (C=O) groups is 2. The van der Waals surface area contributed by atoms with Gasteiger partial charge in [-0.3, -0.25) is 9.59 Å². The van der Waals surface area contributed by atoms with Crippen LogP contribution in [0.2, 0.25) is 36.3 Å².